The average molecular weight is 246 g/mol. The summed E-state index contributed by atoms with van der Waals surface area (Å²) in [7, 11) is 3.24. The maximum Gasteiger partial charge on any atom is 0.124 e. The Morgan fingerprint density at radius 2 is 2.00 bits per heavy atom. The quantitative estimate of drug-likeness (QED) is 0.887. The lowest BCUT2D eigenvalue weighted by molar-refractivity contribution is 0.0878. The number of aliphatic hydroxyl groups excluding tert-OH is 1. The minimum absolute atomic E-state index is 0.0590. The number of methoxy groups -OCH3 is 2. The van der Waals surface area contributed by atoms with Gasteiger partial charge >= 0.3 is 0 Å². The molecule has 1 aliphatic rings. The summed E-state index contributed by atoms with van der Waals surface area (Å²) in [6, 6.07) is 7.53. The topological polar surface area (TPSA) is 38.7 Å². The third-order valence-corrected chi connectivity index (χ3v) is 3.23. The van der Waals surface area contributed by atoms with E-state index in [2.05, 4.69) is 0 Å². The fourth-order valence-electron chi connectivity index (χ4n) is 2.26. The van der Waals surface area contributed by atoms with Crippen LogP contribution in [0.3, 0.4) is 0 Å². The molecule has 0 aromatic heterocycles. The van der Waals surface area contributed by atoms with Crippen molar-refractivity contribution in [1.29, 1.82) is 0 Å². The van der Waals surface area contributed by atoms with Gasteiger partial charge in [-0.15, -0.1) is 0 Å². The molecule has 1 aromatic rings. The maximum absolute atomic E-state index is 10.5. The van der Waals surface area contributed by atoms with Crippen LogP contribution >= 0.6 is 0 Å². The van der Waals surface area contributed by atoms with Crippen LogP contribution in [0, 0.1) is 5.92 Å². The first-order chi connectivity index (χ1) is 8.77. The first kappa shape index (κ1) is 12.7. The summed E-state index contributed by atoms with van der Waals surface area (Å²) in [5.74, 6) is 1.45. The molecular weight excluding hydrogens is 228 g/mol. The number of hydrogen-bond acceptors (Lipinski definition) is 3. The second-order valence-electron chi connectivity index (χ2n) is 4.23. The summed E-state index contributed by atoms with van der Waals surface area (Å²) in [6.45, 7) is 0. The molecule has 0 bridgehead atoms. The Hall–Kier alpha value is -1.74. The minimum atomic E-state index is -0.628. The van der Waals surface area contributed by atoms with Crippen LogP contribution < -0.4 is 4.74 Å². The largest absolute Gasteiger partial charge is 0.501 e. The normalized spacial score (nSPS) is 20.2. The molecule has 0 aliphatic heterocycles. The molecule has 2 unspecified atom stereocenters. The van der Waals surface area contributed by atoms with Crippen LogP contribution in [0.15, 0.2) is 48.3 Å². The van der Waals surface area contributed by atoms with E-state index in [1.54, 1.807) is 14.2 Å². The Morgan fingerprint density at radius 1 is 1.22 bits per heavy atom. The van der Waals surface area contributed by atoms with Crippen molar-refractivity contribution in [3.8, 4) is 5.75 Å². The Kier molecular flexibility index (Phi) is 4.05. The standard InChI is InChI=1S/C15H18O3/c1-17-13-9-5-3-7-11(13)15(16)12-8-4-6-10-14(12)18-2/h3-7,9-10,12,15-16H,8H2,1-2H3. The van der Waals surface area contributed by atoms with Crippen molar-refractivity contribution in [2.45, 2.75) is 12.5 Å². The van der Waals surface area contributed by atoms with Crippen molar-refractivity contribution >= 4 is 0 Å². The first-order valence-corrected chi connectivity index (χ1v) is 5.99. The van der Waals surface area contributed by atoms with Crippen LogP contribution in [0.5, 0.6) is 5.75 Å². The molecule has 18 heavy (non-hydrogen) atoms. The highest BCUT2D eigenvalue weighted by atomic mass is 16.5. The SMILES string of the molecule is COC1=CC=CCC1C(O)c1ccccc1OC. The second-order valence-corrected chi connectivity index (χ2v) is 4.23. The van der Waals surface area contributed by atoms with E-state index in [0.29, 0.717) is 5.75 Å². The summed E-state index contributed by atoms with van der Waals surface area (Å²) in [6.07, 6.45) is 6.01. The Balaban J connectivity index is 2.28. The third kappa shape index (κ3) is 2.41. The van der Waals surface area contributed by atoms with Gasteiger partial charge in [-0.1, -0.05) is 30.4 Å². The predicted octanol–water partition coefficient (Wildman–Crippen LogP) is 2.84. The zero-order valence-electron chi connectivity index (χ0n) is 10.7. The monoisotopic (exact) mass is 246 g/mol. The van der Waals surface area contributed by atoms with E-state index in [-0.39, 0.29) is 5.92 Å². The average Bonchev–Trinajstić information content (AvgIpc) is 2.46. The smallest absolute Gasteiger partial charge is 0.124 e. The molecule has 2 atom stereocenters. The number of benzene rings is 1. The molecule has 0 radical (unpaired) electrons. The van der Waals surface area contributed by atoms with E-state index in [1.807, 2.05) is 42.5 Å². The molecule has 3 heteroatoms. The molecule has 3 nitrogen and oxygen atoms in total. The Bertz CT molecular complexity index is 463. The zero-order chi connectivity index (χ0) is 13.0. The maximum atomic E-state index is 10.5. The van der Waals surface area contributed by atoms with Crippen LogP contribution in [-0.2, 0) is 4.74 Å². The number of rotatable bonds is 4. The molecule has 0 fully saturated rings. The van der Waals surface area contributed by atoms with Crippen LogP contribution in [0.2, 0.25) is 0 Å². The van der Waals surface area contributed by atoms with Gasteiger partial charge in [0, 0.05) is 5.56 Å². The number of allylic oxidation sites excluding steroid dienone is 3. The fraction of sp³-hybridized carbons (Fsp3) is 0.333. The van der Waals surface area contributed by atoms with Gasteiger partial charge in [0.05, 0.1) is 26.2 Å². The molecule has 0 spiro atoms. The van der Waals surface area contributed by atoms with E-state index in [0.717, 1.165) is 17.7 Å². The first-order valence-electron chi connectivity index (χ1n) is 5.99. The predicted molar refractivity (Wildman–Crippen MR) is 70.3 cm³/mol. The number of aliphatic hydroxyl groups is 1. The summed E-state index contributed by atoms with van der Waals surface area (Å²) < 4.78 is 10.6. The van der Waals surface area contributed by atoms with Crippen molar-refractivity contribution in [2.75, 3.05) is 14.2 Å². The zero-order valence-corrected chi connectivity index (χ0v) is 10.7. The number of para-hydroxylation sites is 1. The van der Waals surface area contributed by atoms with E-state index in [1.165, 1.54) is 0 Å². The van der Waals surface area contributed by atoms with Crippen LogP contribution in [0.25, 0.3) is 0 Å². The fourth-order valence-corrected chi connectivity index (χ4v) is 2.26. The number of ether oxygens (including phenoxy) is 2. The summed E-state index contributed by atoms with van der Waals surface area (Å²) in [5.41, 5.74) is 0.795. The lowest BCUT2D eigenvalue weighted by atomic mass is 9.88. The van der Waals surface area contributed by atoms with Gasteiger partial charge in [-0.05, 0) is 18.6 Å². The molecule has 1 N–H and O–H groups in total. The molecule has 2 rings (SSSR count). The van der Waals surface area contributed by atoms with Gasteiger partial charge in [0.1, 0.15) is 11.5 Å². The van der Waals surface area contributed by atoms with Crippen molar-refractivity contribution in [3.05, 3.63) is 53.8 Å². The molecular formula is C15H18O3. The van der Waals surface area contributed by atoms with Crippen LogP contribution in [0.1, 0.15) is 18.1 Å². The van der Waals surface area contributed by atoms with E-state index in [4.69, 9.17) is 9.47 Å². The minimum Gasteiger partial charge on any atom is -0.501 e. The molecule has 1 aromatic carbocycles. The van der Waals surface area contributed by atoms with Gasteiger partial charge in [-0.3, -0.25) is 0 Å². The third-order valence-electron chi connectivity index (χ3n) is 3.23. The van der Waals surface area contributed by atoms with E-state index < -0.39 is 6.10 Å². The lowest BCUT2D eigenvalue weighted by Crippen LogP contribution is -2.18. The van der Waals surface area contributed by atoms with Crippen molar-refractivity contribution < 1.29 is 14.6 Å². The molecule has 1 aliphatic carbocycles. The summed E-state index contributed by atoms with van der Waals surface area (Å²) >= 11 is 0. The Morgan fingerprint density at radius 3 is 2.72 bits per heavy atom. The van der Waals surface area contributed by atoms with Gasteiger partial charge in [-0.2, -0.15) is 0 Å². The van der Waals surface area contributed by atoms with Crippen LogP contribution in [0.4, 0.5) is 0 Å². The van der Waals surface area contributed by atoms with Crippen LogP contribution in [-0.4, -0.2) is 19.3 Å². The van der Waals surface area contributed by atoms with Gasteiger partial charge in [-0.25, -0.2) is 0 Å². The van der Waals surface area contributed by atoms with Gasteiger partial charge < -0.3 is 14.6 Å². The van der Waals surface area contributed by atoms with E-state index >= 15 is 0 Å². The highest BCUT2D eigenvalue weighted by molar-refractivity contribution is 5.37. The molecule has 0 amide bonds. The molecule has 96 valence electrons. The molecule has 0 heterocycles. The van der Waals surface area contributed by atoms with Crippen molar-refractivity contribution in [2.24, 2.45) is 5.92 Å². The second kappa shape index (κ2) is 5.74. The molecule has 0 saturated heterocycles. The highest BCUT2D eigenvalue weighted by Crippen LogP contribution is 2.37. The van der Waals surface area contributed by atoms with Crippen molar-refractivity contribution in [1.82, 2.24) is 0 Å². The summed E-state index contributed by atoms with van der Waals surface area (Å²) in [5, 5.41) is 10.5. The number of hydrogen-bond donors (Lipinski definition) is 1. The Labute approximate surface area is 107 Å². The van der Waals surface area contributed by atoms with Gasteiger partial charge in [0.25, 0.3) is 0 Å². The highest BCUT2D eigenvalue weighted by Gasteiger charge is 2.27. The summed E-state index contributed by atoms with van der Waals surface area (Å²) in [4.78, 5) is 0. The van der Waals surface area contributed by atoms with E-state index in [9.17, 15) is 5.11 Å². The van der Waals surface area contributed by atoms with Gasteiger partial charge in [0.2, 0.25) is 0 Å². The van der Waals surface area contributed by atoms with Crippen molar-refractivity contribution in [3.63, 3.8) is 0 Å². The lowest BCUT2D eigenvalue weighted by Gasteiger charge is -2.26. The molecule has 0 saturated carbocycles. The van der Waals surface area contributed by atoms with Gasteiger partial charge in [0.15, 0.2) is 0 Å².